The van der Waals surface area contributed by atoms with E-state index in [1.807, 2.05) is 12.2 Å². The smallest absolute Gasteiger partial charge is 0.0694 e. The van der Waals surface area contributed by atoms with Crippen molar-refractivity contribution in [3.05, 3.63) is 78.9 Å². The maximum absolute atomic E-state index is 13.1. The molecule has 0 fully saturated rings. The molecule has 5 rings (SSSR count). The molecule has 0 N–H and O–H groups in total. The summed E-state index contributed by atoms with van der Waals surface area (Å²) in [5.41, 5.74) is 12.2. The van der Waals surface area contributed by atoms with Crippen molar-refractivity contribution < 1.29 is 27.5 Å². The largest absolute Gasteiger partial charge is 0.902 e. The number of aromatic nitrogens is 2. The van der Waals surface area contributed by atoms with Crippen LogP contribution in [-0.2, 0) is 35.8 Å². The van der Waals surface area contributed by atoms with Crippen molar-refractivity contribution in [2.24, 2.45) is 17.0 Å². The Kier molecular flexibility index (Phi) is 7.70. The van der Waals surface area contributed by atoms with Gasteiger partial charge in [0.2, 0.25) is 0 Å². The Morgan fingerprint density at radius 1 is 0.811 bits per heavy atom. The zero-order chi connectivity index (χ0) is 25.7. The first-order chi connectivity index (χ1) is 17.3. The second kappa shape index (κ2) is 10.5. The van der Waals surface area contributed by atoms with Gasteiger partial charge in [-0.25, -0.2) is 4.99 Å². The fourth-order valence-corrected chi connectivity index (χ4v) is 5.59. The van der Waals surface area contributed by atoms with E-state index in [1.165, 1.54) is 22.3 Å². The molecule has 0 saturated carbocycles. The van der Waals surface area contributed by atoms with Gasteiger partial charge in [-0.1, -0.05) is 50.6 Å². The Labute approximate surface area is 235 Å². The van der Waals surface area contributed by atoms with Gasteiger partial charge in [-0.2, -0.15) is 5.35 Å². The van der Waals surface area contributed by atoms with E-state index in [9.17, 15) is 5.11 Å². The molecule has 0 atom stereocenters. The van der Waals surface area contributed by atoms with E-state index in [-0.39, 0.29) is 28.3 Å². The van der Waals surface area contributed by atoms with E-state index in [0.717, 1.165) is 76.0 Å². The van der Waals surface area contributed by atoms with Gasteiger partial charge in [0.25, 0.3) is 0 Å². The number of hydrogen-bond donors (Lipinski definition) is 0. The summed E-state index contributed by atoms with van der Waals surface area (Å²) in [5.74, 6) is -0.0777. The normalized spacial score (nSPS) is 16.6. The molecule has 8 bridgehead atoms. The van der Waals surface area contributed by atoms with E-state index in [2.05, 4.69) is 59.8 Å². The zero-order valence-electron chi connectivity index (χ0n) is 22.6. The fraction of sp³-hybridized carbons (Fsp3) is 0.355. The summed E-state index contributed by atoms with van der Waals surface area (Å²) in [6, 6.07) is 3.32. The Hall–Kier alpha value is -2.86. The fourth-order valence-electron chi connectivity index (χ4n) is 5.59. The Balaban J connectivity index is 0.00000320. The molecule has 3 aliphatic rings. The minimum atomic E-state index is -0.0777. The van der Waals surface area contributed by atoms with Gasteiger partial charge < -0.3 is 14.7 Å². The van der Waals surface area contributed by atoms with Crippen molar-refractivity contribution in [3.63, 3.8) is 0 Å². The first-order valence-corrected chi connectivity index (χ1v) is 13.0. The number of rotatable bonds is 4. The third kappa shape index (κ3) is 4.43. The Morgan fingerprint density at radius 2 is 1.46 bits per heavy atom. The number of fused-ring (bicyclic) bond motifs is 6. The molecule has 5 nitrogen and oxygen atoms in total. The summed E-state index contributed by atoms with van der Waals surface area (Å²) in [6.45, 7) is 12.9. The van der Waals surface area contributed by atoms with Crippen molar-refractivity contribution in [2.75, 3.05) is 0 Å². The standard InChI is InChI=1S/C31H34N4O.Ag/c1-8-21-17(5)25-13-19-12-20(35(7)31(19)36)14-26-18(6)22(9-2)28(33-26)16-30-24(11-4)23(10-3)29(34-30)15-27(21)32-25;/h13-16H,8-11H2,1-7H3,(H-,32,33,34,36);/q-2;/p-1. The summed E-state index contributed by atoms with van der Waals surface area (Å²) >= 11 is 0. The van der Waals surface area contributed by atoms with Crippen molar-refractivity contribution in [1.29, 1.82) is 0 Å². The maximum atomic E-state index is 13.1. The number of aliphatic imine (C=N–C) groups is 2. The Bertz CT molecular complexity index is 1600. The van der Waals surface area contributed by atoms with Crippen LogP contribution in [0.3, 0.4) is 0 Å². The topological polar surface area (TPSA) is 66.8 Å². The third-order valence-electron chi connectivity index (χ3n) is 7.67. The molecule has 5 heterocycles. The van der Waals surface area contributed by atoms with Gasteiger partial charge in [0, 0.05) is 28.1 Å². The average molecular weight is 586 g/mol. The van der Waals surface area contributed by atoms with E-state index < -0.39 is 0 Å². The molecule has 0 unspecified atom stereocenters. The van der Waals surface area contributed by atoms with Crippen molar-refractivity contribution >= 4 is 29.7 Å². The summed E-state index contributed by atoms with van der Waals surface area (Å²) in [4.78, 5) is 15.1. The van der Waals surface area contributed by atoms with Gasteiger partial charge in [-0.15, -0.1) is 35.0 Å². The van der Waals surface area contributed by atoms with E-state index in [1.54, 1.807) is 11.6 Å². The molecule has 1 radical (unpaired) electrons. The predicted molar refractivity (Wildman–Crippen MR) is 146 cm³/mol. The SMILES string of the molecule is CCC1=C(C)C2=Cc3[c-]c(n(C)c3[O-])C=c3[n-]c(c(CC)c3C)=CC3=NC(=CC1=N2)C(CC)=C3CC.[Ag]. The molecular weight excluding hydrogens is 552 g/mol. The minimum absolute atomic E-state index is 0. The van der Waals surface area contributed by atoms with Crippen LogP contribution in [0.1, 0.15) is 76.3 Å². The van der Waals surface area contributed by atoms with Crippen LogP contribution < -0.4 is 20.8 Å². The molecule has 37 heavy (non-hydrogen) atoms. The van der Waals surface area contributed by atoms with Crippen LogP contribution in [0.5, 0.6) is 5.88 Å². The van der Waals surface area contributed by atoms with Gasteiger partial charge in [-0.3, -0.25) is 4.99 Å². The van der Waals surface area contributed by atoms with E-state index in [0.29, 0.717) is 5.56 Å². The molecule has 0 aliphatic carbocycles. The minimum Gasteiger partial charge on any atom is -0.902 e. The second-order valence-electron chi connectivity index (χ2n) is 9.59. The summed E-state index contributed by atoms with van der Waals surface area (Å²) in [5, 5.41) is 14.9. The summed E-state index contributed by atoms with van der Waals surface area (Å²) in [6.07, 6.45) is 11.7. The van der Waals surface area contributed by atoms with Crippen LogP contribution >= 0.6 is 0 Å². The first kappa shape index (κ1) is 27.2. The molecule has 6 heteroatoms. The molecule has 197 valence electrons. The summed E-state index contributed by atoms with van der Waals surface area (Å²) in [7, 11) is 1.79. The van der Waals surface area contributed by atoms with Gasteiger partial charge >= 0.3 is 0 Å². The third-order valence-corrected chi connectivity index (χ3v) is 7.67. The molecule has 2 aromatic heterocycles. The van der Waals surface area contributed by atoms with Crippen LogP contribution in [0.2, 0.25) is 0 Å². The molecule has 0 amide bonds. The maximum Gasteiger partial charge on any atom is 0.0694 e. The van der Waals surface area contributed by atoms with Crippen LogP contribution in [-0.4, -0.2) is 16.0 Å². The van der Waals surface area contributed by atoms with Crippen LogP contribution in [0.25, 0.3) is 18.2 Å². The number of hydrogen-bond acceptors (Lipinski definition) is 3. The molecular formula is C31H33AgN4O-3. The van der Waals surface area contributed by atoms with Crippen molar-refractivity contribution in [1.82, 2.24) is 9.55 Å². The van der Waals surface area contributed by atoms with Crippen LogP contribution in [0, 0.1) is 13.0 Å². The van der Waals surface area contributed by atoms with Gasteiger partial charge in [-0.05, 0) is 74.9 Å². The van der Waals surface area contributed by atoms with Gasteiger partial charge in [0.15, 0.2) is 0 Å². The summed E-state index contributed by atoms with van der Waals surface area (Å²) < 4.78 is 1.65. The predicted octanol–water partition coefficient (Wildman–Crippen LogP) is 4.32. The number of allylic oxidation sites excluding steroid dienone is 5. The van der Waals surface area contributed by atoms with Crippen molar-refractivity contribution in [3.8, 4) is 5.88 Å². The Morgan fingerprint density at radius 3 is 2.11 bits per heavy atom. The first-order valence-electron chi connectivity index (χ1n) is 13.0. The van der Waals surface area contributed by atoms with Gasteiger partial charge in [0.05, 0.1) is 17.1 Å². The molecule has 2 aromatic rings. The monoisotopic (exact) mass is 584 g/mol. The van der Waals surface area contributed by atoms with Crippen LogP contribution in [0.4, 0.5) is 0 Å². The molecule has 0 saturated heterocycles. The number of nitrogens with zero attached hydrogens (tertiary/aromatic N) is 4. The van der Waals surface area contributed by atoms with Crippen molar-refractivity contribution in [2.45, 2.75) is 67.2 Å². The zero-order valence-corrected chi connectivity index (χ0v) is 24.1. The van der Waals surface area contributed by atoms with Gasteiger partial charge in [0.1, 0.15) is 0 Å². The average Bonchev–Trinajstić information content (AvgIpc) is 3.53. The quantitative estimate of drug-likeness (QED) is 0.397. The molecule has 3 aliphatic heterocycles. The molecule has 0 spiro atoms. The molecule has 0 aromatic carbocycles. The van der Waals surface area contributed by atoms with E-state index in [4.69, 9.17) is 15.0 Å². The second-order valence-corrected chi connectivity index (χ2v) is 9.59. The van der Waals surface area contributed by atoms with Crippen LogP contribution in [0.15, 0.2) is 49.7 Å². The van der Waals surface area contributed by atoms with E-state index >= 15 is 0 Å².